The molecule has 0 aromatic carbocycles. The first kappa shape index (κ1) is 12.8. The highest BCUT2D eigenvalue weighted by Gasteiger charge is 2.26. The van der Waals surface area contributed by atoms with E-state index >= 15 is 0 Å². The average Bonchev–Trinajstić information content (AvgIpc) is 3.10. The summed E-state index contributed by atoms with van der Waals surface area (Å²) in [5.74, 6) is -0.577. The Morgan fingerprint density at radius 3 is 3.05 bits per heavy atom. The molecule has 0 saturated carbocycles. The molecular formula is C12H15N5O3. The number of nitrogens with zero attached hydrogens (tertiary/aromatic N) is 5. The molecule has 0 spiro atoms. The van der Waals surface area contributed by atoms with Gasteiger partial charge in [0, 0.05) is 26.0 Å². The second kappa shape index (κ2) is 5.04. The minimum atomic E-state index is -1.11. The van der Waals surface area contributed by atoms with Crippen LogP contribution >= 0.6 is 0 Å². The van der Waals surface area contributed by atoms with Crippen molar-refractivity contribution in [3.63, 3.8) is 0 Å². The van der Waals surface area contributed by atoms with Crippen molar-refractivity contribution in [1.82, 2.24) is 24.5 Å². The lowest BCUT2D eigenvalue weighted by atomic mass is 10.2. The van der Waals surface area contributed by atoms with Crippen molar-refractivity contribution in [2.24, 2.45) is 7.05 Å². The van der Waals surface area contributed by atoms with Crippen molar-refractivity contribution < 1.29 is 14.6 Å². The van der Waals surface area contributed by atoms with Crippen LogP contribution in [0, 0.1) is 0 Å². The summed E-state index contributed by atoms with van der Waals surface area (Å²) in [7, 11) is 1.80. The number of hydrogen-bond donors (Lipinski definition) is 1. The molecule has 2 aromatic heterocycles. The summed E-state index contributed by atoms with van der Waals surface area (Å²) in [6.45, 7) is 1.23. The van der Waals surface area contributed by atoms with Crippen molar-refractivity contribution in [3.05, 3.63) is 18.1 Å². The molecule has 0 radical (unpaired) electrons. The molecule has 0 bridgehead atoms. The monoisotopic (exact) mass is 277 g/mol. The van der Waals surface area contributed by atoms with E-state index in [-0.39, 0.29) is 11.8 Å². The molecule has 1 aliphatic heterocycles. The first-order chi connectivity index (χ1) is 9.66. The van der Waals surface area contributed by atoms with Gasteiger partial charge in [-0.3, -0.25) is 0 Å². The number of aromatic carboxylic acids is 1. The highest BCUT2D eigenvalue weighted by molar-refractivity contribution is 5.91. The highest BCUT2D eigenvalue weighted by atomic mass is 16.5. The molecule has 8 nitrogen and oxygen atoms in total. The van der Waals surface area contributed by atoms with Crippen molar-refractivity contribution in [3.8, 4) is 11.5 Å². The summed E-state index contributed by atoms with van der Waals surface area (Å²) < 4.78 is 8.88. The van der Waals surface area contributed by atoms with Gasteiger partial charge in [0.05, 0.1) is 12.6 Å². The maximum absolute atomic E-state index is 11.3. The Morgan fingerprint density at radius 1 is 1.60 bits per heavy atom. The van der Waals surface area contributed by atoms with Gasteiger partial charge in [-0.25, -0.2) is 14.5 Å². The third-order valence-electron chi connectivity index (χ3n) is 3.37. The smallest absolute Gasteiger partial charge is 0.358 e. The molecule has 1 fully saturated rings. The molecular weight excluding hydrogens is 262 g/mol. The molecule has 3 rings (SSSR count). The summed E-state index contributed by atoms with van der Waals surface area (Å²) in [5.41, 5.74) is 0.331. The van der Waals surface area contributed by atoms with E-state index in [4.69, 9.17) is 4.74 Å². The number of aryl methyl sites for hydroxylation is 1. The van der Waals surface area contributed by atoms with Gasteiger partial charge in [0.15, 0.2) is 5.82 Å². The minimum Gasteiger partial charge on any atom is -0.476 e. The second-order valence-electron chi connectivity index (χ2n) is 4.77. The maximum atomic E-state index is 11.3. The Balaban J connectivity index is 2.01. The van der Waals surface area contributed by atoms with Gasteiger partial charge in [-0.1, -0.05) is 5.21 Å². The molecule has 0 aliphatic carbocycles. The SMILES string of the molecule is Cn1ccnc1-c1c(C(=O)O)nnn1CC1CCCO1. The predicted molar refractivity (Wildman–Crippen MR) is 68.2 cm³/mol. The Kier molecular flexibility index (Phi) is 3.23. The van der Waals surface area contributed by atoms with Gasteiger partial charge >= 0.3 is 5.97 Å². The Bertz CT molecular complexity index is 627. The van der Waals surface area contributed by atoms with E-state index in [1.54, 1.807) is 28.7 Å². The summed E-state index contributed by atoms with van der Waals surface area (Å²) in [6, 6.07) is 0. The van der Waals surface area contributed by atoms with Crippen LogP contribution in [0.3, 0.4) is 0 Å². The van der Waals surface area contributed by atoms with E-state index in [1.165, 1.54) is 0 Å². The van der Waals surface area contributed by atoms with Gasteiger partial charge in [-0.15, -0.1) is 5.10 Å². The highest BCUT2D eigenvalue weighted by Crippen LogP contribution is 2.22. The van der Waals surface area contributed by atoms with E-state index in [0.717, 1.165) is 19.4 Å². The predicted octanol–water partition coefficient (Wildman–Crippen LogP) is 0.556. The first-order valence-electron chi connectivity index (χ1n) is 6.43. The molecule has 0 amide bonds. The molecule has 1 saturated heterocycles. The molecule has 3 heterocycles. The Morgan fingerprint density at radius 2 is 2.45 bits per heavy atom. The fourth-order valence-electron chi connectivity index (χ4n) is 2.38. The van der Waals surface area contributed by atoms with E-state index < -0.39 is 5.97 Å². The molecule has 1 atom stereocenters. The normalized spacial score (nSPS) is 18.6. The molecule has 2 aromatic rings. The largest absolute Gasteiger partial charge is 0.476 e. The lowest BCUT2D eigenvalue weighted by molar-refractivity contribution is 0.0691. The van der Waals surface area contributed by atoms with Crippen LogP contribution < -0.4 is 0 Å². The van der Waals surface area contributed by atoms with Crippen molar-refractivity contribution in [2.45, 2.75) is 25.5 Å². The van der Waals surface area contributed by atoms with E-state index in [1.807, 2.05) is 0 Å². The number of rotatable bonds is 4. The molecule has 20 heavy (non-hydrogen) atoms. The van der Waals surface area contributed by atoms with Gasteiger partial charge in [0.1, 0.15) is 5.69 Å². The van der Waals surface area contributed by atoms with Gasteiger partial charge in [-0.05, 0) is 12.8 Å². The van der Waals surface area contributed by atoms with E-state index in [9.17, 15) is 9.90 Å². The first-order valence-corrected chi connectivity index (χ1v) is 6.43. The van der Waals surface area contributed by atoms with Gasteiger partial charge < -0.3 is 14.4 Å². The lowest BCUT2D eigenvalue weighted by Crippen LogP contribution is -2.18. The molecule has 1 aliphatic rings. The van der Waals surface area contributed by atoms with Gasteiger partial charge in [0.2, 0.25) is 5.69 Å². The summed E-state index contributed by atoms with van der Waals surface area (Å²) >= 11 is 0. The minimum absolute atomic E-state index is 0.0531. The average molecular weight is 277 g/mol. The van der Waals surface area contributed by atoms with Crippen LogP contribution in [-0.4, -0.2) is 48.3 Å². The fraction of sp³-hybridized carbons (Fsp3) is 0.500. The van der Waals surface area contributed by atoms with Crippen molar-refractivity contribution in [1.29, 1.82) is 0 Å². The zero-order valence-electron chi connectivity index (χ0n) is 11.1. The Hall–Kier alpha value is -2.22. The number of imidazole rings is 1. The van der Waals surface area contributed by atoms with Gasteiger partial charge in [0.25, 0.3) is 0 Å². The van der Waals surface area contributed by atoms with Crippen LogP contribution in [-0.2, 0) is 18.3 Å². The summed E-state index contributed by atoms with van der Waals surface area (Å²) in [6.07, 6.45) is 5.39. The fourth-order valence-corrected chi connectivity index (χ4v) is 2.38. The van der Waals surface area contributed by atoms with E-state index in [2.05, 4.69) is 15.3 Å². The number of carboxylic acid groups (broad SMARTS) is 1. The quantitative estimate of drug-likeness (QED) is 0.877. The Labute approximate surface area is 115 Å². The number of hydrogen-bond acceptors (Lipinski definition) is 5. The number of carbonyl (C=O) groups is 1. The third kappa shape index (κ3) is 2.18. The van der Waals surface area contributed by atoms with Crippen LogP contribution in [0.15, 0.2) is 12.4 Å². The van der Waals surface area contributed by atoms with E-state index in [0.29, 0.717) is 18.1 Å². The van der Waals surface area contributed by atoms with Crippen LogP contribution in [0.5, 0.6) is 0 Å². The van der Waals surface area contributed by atoms with Gasteiger partial charge in [-0.2, -0.15) is 0 Å². The third-order valence-corrected chi connectivity index (χ3v) is 3.37. The van der Waals surface area contributed by atoms with Crippen molar-refractivity contribution in [2.75, 3.05) is 6.61 Å². The number of carboxylic acids is 1. The zero-order chi connectivity index (χ0) is 14.1. The van der Waals surface area contributed by atoms with Crippen LogP contribution in [0.2, 0.25) is 0 Å². The number of ether oxygens (including phenoxy) is 1. The molecule has 8 heteroatoms. The molecule has 1 unspecified atom stereocenters. The van der Waals surface area contributed by atoms with Crippen molar-refractivity contribution >= 4 is 5.97 Å². The van der Waals surface area contributed by atoms with Crippen LogP contribution in [0.25, 0.3) is 11.5 Å². The van der Waals surface area contributed by atoms with Crippen LogP contribution in [0.4, 0.5) is 0 Å². The standard InChI is InChI=1S/C12H15N5O3/c1-16-5-4-13-11(16)10-9(12(18)19)14-15-17(10)7-8-3-2-6-20-8/h4-5,8H,2-3,6-7H2,1H3,(H,18,19). The topological polar surface area (TPSA) is 95.1 Å². The lowest BCUT2D eigenvalue weighted by Gasteiger charge is -2.11. The zero-order valence-corrected chi connectivity index (χ0v) is 11.1. The summed E-state index contributed by atoms with van der Waals surface area (Å²) in [5, 5.41) is 17.0. The molecule has 1 N–H and O–H groups in total. The maximum Gasteiger partial charge on any atom is 0.358 e. The number of aromatic nitrogens is 5. The second-order valence-corrected chi connectivity index (χ2v) is 4.77. The molecule has 106 valence electrons. The summed E-state index contributed by atoms with van der Waals surface area (Å²) in [4.78, 5) is 15.5. The van der Waals surface area contributed by atoms with Crippen LogP contribution in [0.1, 0.15) is 23.3 Å².